The van der Waals surface area contributed by atoms with Gasteiger partial charge in [0.1, 0.15) is 11.6 Å². The lowest BCUT2D eigenvalue weighted by atomic mass is 10.1. The first-order valence-corrected chi connectivity index (χ1v) is 10.7. The molecule has 3 aromatic rings. The largest absolute Gasteiger partial charge is 0.483 e. The van der Waals surface area contributed by atoms with Crippen LogP contribution in [0.15, 0.2) is 53.7 Å². The van der Waals surface area contributed by atoms with Crippen LogP contribution in [0.4, 0.5) is 10.1 Å². The van der Waals surface area contributed by atoms with Crippen molar-refractivity contribution in [3.63, 3.8) is 0 Å². The second-order valence-electron chi connectivity index (χ2n) is 6.77. The molecule has 0 bridgehead atoms. The number of hydrogen-bond donors (Lipinski definition) is 1. The van der Waals surface area contributed by atoms with Gasteiger partial charge in [-0.15, -0.1) is 10.2 Å². The van der Waals surface area contributed by atoms with Gasteiger partial charge in [0.2, 0.25) is 5.91 Å². The van der Waals surface area contributed by atoms with E-state index in [1.165, 1.54) is 30.8 Å². The zero-order valence-corrected chi connectivity index (χ0v) is 18.3. The molecule has 9 heteroatoms. The minimum Gasteiger partial charge on any atom is -0.483 e. The number of amides is 1. The maximum atomic E-state index is 13.1. The molecule has 0 saturated heterocycles. The molecule has 0 spiro atoms. The molecule has 0 fully saturated rings. The van der Waals surface area contributed by atoms with Crippen LogP contribution in [0.5, 0.6) is 5.75 Å². The number of thioether (sulfide) groups is 1. The molecule has 0 aliphatic rings. The van der Waals surface area contributed by atoms with Crippen molar-refractivity contribution in [1.82, 2.24) is 14.8 Å². The highest BCUT2D eigenvalue weighted by Gasteiger charge is 2.19. The van der Waals surface area contributed by atoms with Gasteiger partial charge in [-0.2, -0.15) is 0 Å². The van der Waals surface area contributed by atoms with Crippen molar-refractivity contribution in [3.05, 3.63) is 65.7 Å². The summed E-state index contributed by atoms with van der Waals surface area (Å²) in [5, 5.41) is 11.8. The van der Waals surface area contributed by atoms with E-state index in [4.69, 9.17) is 4.74 Å². The summed E-state index contributed by atoms with van der Waals surface area (Å²) in [7, 11) is 0. The maximum Gasteiger partial charge on any atom is 0.234 e. The second kappa shape index (κ2) is 10.2. The van der Waals surface area contributed by atoms with Gasteiger partial charge in [0, 0.05) is 17.8 Å². The van der Waals surface area contributed by atoms with E-state index in [1.807, 2.05) is 18.4 Å². The van der Waals surface area contributed by atoms with E-state index in [0.29, 0.717) is 34.5 Å². The fraction of sp³-hybridized carbons (Fsp3) is 0.273. The van der Waals surface area contributed by atoms with E-state index < -0.39 is 6.10 Å². The molecule has 7 nitrogen and oxygen atoms in total. The molecule has 0 saturated carbocycles. The smallest absolute Gasteiger partial charge is 0.234 e. The second-order valence-corrected chi connectivity index (χ2v) is 7.71. The van der Waals surface area contributed by atoms with Crippen molar-refractivity contribution in [2.75, 3.05) is 11.1 Å². The molecule has 2 aromatic carbocycles. The Hall–Kier alpha value is -3.20. The predicted molar refractivity (Wildman–Crippen MR) is 117 cm³/mol. The number of benzene rings is 2. The first-order chi connectivity index (χ1) is 14.9. The number of rotatable bonds is 9. The number of hydrogen-bond acceptors (Lipinski definition) is 6. The third-order valence-electron chi connectivity index (χ3n) is 4.46. The van der Waals surface area contributed by atoms with Crippen LogP contribution in [0, 0.1) is 5.82 Å². The van der Waals surface area contributed by atoms with Crippen LogP contribution in [-0.2, 0) is 11.3 Å². The van der Waals surface area contributed by atoms with Gasteiger partial charge in [0.15, 0.2) is 22.9 Å². The lowest BCUT2D eigenvalue weighted by Gasteiger charge is -2.15. The van der Waals surface area contributed by atoms with Gasteiger partial charge in [-0.25, -0.2) is 4.39 Å². The molecular formula is C22H23FN4O3S. The zero-order chi connectivity index (χ0) is 22.4. The average Bonchev–Trinajstić information content (AvgIpc) is 3.17. The summed E-state index contributed by atoms with van der Waals surface area (Å²) in [4.78, 5) is 23.6. The van der Waals surface area contributed by atoms with E-state index >= 15 is 0 Å². The number of anilines is 1. The van der Waals surface area contributed by atoms with Gasteiger partial charge in [0.05, 0.1) is 5.75 Å². The first kappa shape index (κ1) is 22.5. The molecule has 31 heavy (non-hydrogen) atoms. The third-order valence-corrected chi connectivity index (χ3v) is 5.43. The maximum absolute atomic E-state index is 13.1. The standard InChI is InChI=1S/C22H23FN4O3S/c1-4-27-21(15(3)30-19-11-7-17(23)8-12-19)25-26-22(27)31-13-20(29)24-18-9-5-16(6-10-18)14(2)28/h5-12,15H,4,13H2,1-3H3,(H,24,29). The summed E-state index contributed by atoms with van der Waals surface area (Å²) in [5.41, 5.74) is 1.21. The Bertz CT molecular complexity index is 1050. The molecule has 1 aromatic heterocycles. The van der Waals surface area contributed by atoms with Gasteiger partial charge >= 0.3 is 0 Å². The quantitative estimate of drug-likeness (QED) is 0.388. The summed E-state index contributed by atoms with van der Waals surface area (Å²) < 4.78 is 20.8. The zero-order valence-electron chi connectivity index (χ0n) is 17.5. The van der Waals surface area contributed by atoms with Crippen LogP contribution in [0.25, 0.3) is 0 Å². The molecular weight excluding hydrogens is 419 g/mol. The number of carbonyl (C=O) groups is 2. The Morgan fingerprint density at radius 1 is 1.13 bits per heavy atom. The number of aromatic nitrogens is 3. The monoisotopic (exact) mass is 442 g/mol. The van der Waals surface area contributed by atoms with E-state index in [-0.39, 0.29) is 23.3 Å². The molecule has 1 unspecified atom stereocenters. The van der Waals surface area contributed by atoms with Crippen molar-refractivity contribution in [2.45, 2.75) is 38.6 Å². The van der Waals surface area contributed by atoms with Crippen LogP contribution in [0.3, 0.4) is 0 Å². The Labute approximate surface area is 184 Å². The molecule has 1 N–H and O–H groups in total. The molecule has 0 radical (unpaired) electrons. The van der Waals surface area contributed by atoms with Crippen LogP contribution in [-0.4, -0.2) is 32.2 Å². The number of ether oxygens (including phenoxy) is 1. The number of halogens is 1. The fourth-order valence-corrected chi connectivity index (χ4v) is 3.70. The summed E-state index contributed by atoms with van der Waals surface area (Å²) >= 11 is 1.27. The SMILES string of the molecule is CCn1c(SCC(=O)Nc2ccc(C(C)=O)cc2)nnc1C(C)Oc1ccc(F)cc1. The normalized spacial score (nSPS) is 11.7. The molecule has 162 valence electrons. The molecule has 1 heterocycles. The highest BCUT2D eigenvalue weighted by Crippen LogP contribution is 2.25. The Balaban J connectivity index is 1.60. The van der Waals surface area contributed by atoms with Gasteiger partial charge in [-0.05, 0) is 69.3 Å². The van der Waals surface area contributed by atoms with Gasteiger partial charge in [-0.3, -0.25) is 9.59 Å². The van der Waals surface area contributed by atoms with Crippen LogP contribution < -0.4 is 10.1 Å². The first-order valence-electron chi connectivity index (χ1n) is 9.76. The minimum absolute atomic E-state index is 0.0271. The van der Waals surface area contributed by atoms with Gasteiger partial charge in [-0.1, -0.05) is 11.8 Å². The van der Waals surface area contributed by atoms with Gasteiger partial charge < -0.3 is 14.6 Å². The highest BCUT2D eigenvalue weighted by molar-refractivity contribution is 7.99. The Kier molecular flexibility index (Phi) is 7.41. The molecule has 3 rings (SSSR count). The van der Waals surface area contributed by atoms with Crippen LogP contribution >= 0.6 is 11.8 Å². The van der Waals surface area contributed by atoms with Crippen molar-refractivity contribution >= 4 is 29.1 Å². The summed E-state index contributed by atoms with van der Waals surface area (Å²) in [6.07, 6.45) is -0.402. The van der Waals surface area contributed by atoms with Crippen molar-refractivity contribution in [2.24, 2.45) is 0 Å². The van der Waals surface area contributed by atoms with E-state index in [2.05, 4.69) is 15.5 Å². The summed E-state index contributed by atoms with van der Waals surface area (Å²) in [5.74, 6) is 0.755. The summed E-state index contributed by atoms with van der Waals surface area (Å²) in [6.45, 7) is 5.90. The van der Waals surface area contributed by atoms with E-state index in [0.717, 1.165) is 0 Å². The van der Waals surface area contributed by atoms with E-state index in [9.17, 15) is 14.0 Å². The van der Waals surface area contributed by atoms with Crippen molar-refractivity contribution in [3.8, 4) is 5.75 Å². The van der Waals surface area contributed by atoms with Crippen molar-refractivity contribution < 1.29 is 18.7 Å². The highest BCUT2D eigenvalue weighted by atomic mass is 32.2. The lowest BCUT2D eigenvalue weighted by molar-refractivity contribution is -0.113. The molecule has 1 atom stereocenters. The number of Topliss-reactive ketones (excluding diaryl/α,β-unsaturated/α-hetero) is 1. The predicted octanol–water partition coefficient (Wildman–Crippen LogP) is 4.51. The van der Waals surface area contributed by atoms with Crippen LogP contribution in [0.1, 0.15) is 43.1 Å². The number of nitrogens with one attached hydrogen (secondary N) is 1. The number of carbonyl (C=O) groups excluding carboxylic acids is 2. The van der Waals surface area contributed by atoms with Crippen molar-refractivity contribution in [1.29, 1.82) is 0 Å². The minimum atomic E-state index is -0.402. The molecule has 0 aliphatic carbocycles. The lowest BCUT2D eigenvalue weighted by Crippen LogP contribution is -2.15. The fourth-order valence-electron chi connectivity index (χ4n) is 2.89. The average molecular weight is 443 g/mol. The Morgan fingerprint density at radius 3 is 2.42 bits per heavy atom. The van der Waals surface area contributed by atoms with E-state index in [1.54, 1.807) is 36.4 Å². The number of nitrogens with zero attached hydrogens (tertiary/aromatic N) is 3. The van der Waals surface area contributed by atoms with Gasteiger partial charge in [0.25, 0.3) is 0 Å². The molecule has 1 amide bonds. The van der Waals surface area contributed by atoms with Crippen LogP contribution in [0.2, 0.25) is 0 Å². The Morgan fingerprint density at radius 2 is 1.81 bits per heavy atom. The molecule has 0 aliphatic heterocycles. The number of ketones is 1. The topological polar surface area (TPSA) is 86.1 Å². The summed E-state index contributed by atoms with van der Waals surface area (Å²) in [6, 6.07) is 12.5. The third kappa shape index (κ3) is 5.91.